The number of fused-ring (bicyclic) bond motifs is 1. The van der Waals surface area contributed by atoms with Gasteiger partial charge in [-0.25, -0.2) is 0 Å². The Hall–Kier alpha value is -4.70. The molecule has 2 fully saturated rings. The number of ether oxygens (including phenoxy) is 2. The first kappa shape index (κ1) is 34.7. The highest BCUT2D eigenvalue weighted by molar-refractivity contribution is 6.30. The topological polar surface area (TPSA) is 117 Å². The smallest absolute Gasteiger partial charge is 0.265 e. The minimum absolute atomic E-state index is 0.118. The summed E-state index contributed by atoms with van der Waals surface area (Å²) < 4.78 is 12.2. The molecular formula is C41H42ClN3O6. The van der Waals surface area contributed by atoms with Crippen LogP contribution in [0.2, 0.25) is 5.02 Å². The molecule has 0 aromatic heterocycles. The molecule has 2 heterocycles. The van der Waals surface area contributed by atoms with Crippen molar-refractivity contribution in [2.45, 2.75) is 75.9 Å². The lowest BCUT2D eigenvalue weighted by molar-refractivity contribution is -0.157. The number of anilines is 1. The van der Waals surface area contributed by atoms with Crippen molar-refractivity contribution in [2.75, 3.05) is 12.0 Å². The fraction of sp³-hybridized carbons (Fsp3) is 0.341. The summed E-state index contributed by atoms with van der Waals surface area (Å²) in [5.41, 5.74) is -2.61. The fourth-order valence-corrected chi connectivity index (χ4v) is 8.25. The number of rotatable bonds is 8. The van der Waals surface area contributed by atoms with Crippen LogP contribution in [0.1, 0.15) is 72.1 Å². The standard InChI is InChI=1S/C41H42ClN3O6/c1-25-14-23-34-33(24-25)36(46)40(38(51-34)43-26(2)27-10-6-4-7-11-27)35(37(47)44-30-12-8-5-9-13-30)45(31-19-17-29(42)18-20-31)39(48)41(40,49)28-15-21-32(50-3)22-16-28/h4,6-7,10-11,14-24,26,30,35,38,43,49H,5,8-9,12-13H2,1-3H3,(H,44,47)/t26-,35+,38-,40-,41+/m0/s1. The Morgan fingerprint density at radius 3 is 2.31 bits per heavy atom. The number of ketones is 1. The van der Waals surface area contributed by atoms with Gasteiger partial charge in [0, 0.05) is 22.8 Å². The molecule has 5 atom stereocenters. The monoisotopic (exact) mass is 707 g/mol. The zero-order valence-electron chi connectivity index (χ0n) is 28.9. The zero-order valence-corrected chi connectivity index (χ0v) is 29.7. The molecule has 3 N–H and O–H groups in total. The van der Waals surface area contributed by atoms with Crippen molar-refractivity contribution in [3.8, 4) is 11.5 Å². The molecule has 1 aliphatic carbocycles. The molecule has 10 heteroatoms. The summed E-state index contributed by atoms with van der Waals surface area (Å²) in [6, 6.07) is 25.5. The minimum atomic E-state index is -2.61. The van der Waals surface area contributed by atoms with Crippen LogP contribution in [0.5, 0.6) is 11.5 Å². The second-order valence-corrected chi connectivity index (χ2v) is 14.3. The van der Waals surface area contributed by atoms with Crippen LogP contribution in [-0.2, 0) is 15.2 Å². The first-order valence-corrected chi connectivity index (χ1v) is 17.9. The molecule has 4 aromatic carbocycles. The molecule has 0 bridgehead atoms. The molecule has 1 spiro atoms. The van der Waals surface area contributed by atoms with Crippen molar-refractivity contribution < 1.29 is 29.0 Å². The molecule has 0 radical (unpaired) electrons. The minimum Gasteiger partial charge on any atom is -0.497 e. The maximum Gasteiger partial charge on any atom is 0.265 e. The first-order valence-electron chi connectivity index (χ1n) is 17.5. The van der Waals surface area contributed by atoms with E-state index in [4.69, 9.17) is 21.1 Å². The predicted molar refractivity (Wildman–Crippen MR) is 195 cm³/mol. The number of aliphatic hydroxyl groups is 1. The highest BCUT2D eigenvalue weighted by Crippen LogP contribution is 2.59. The van der Waals surface area contributed by atoms with E-state index in [2.05, 4.69) is 10.6 Å². The summed E-state index contributed by atoms with van der Waals surface area (Å²) in [7, 11) is 1.52. The molecule has 0 unspecified atom stereocenters. The third-order valence-corrected chi connectivity index (χ3v) is 11.0. The highest BCUT2D eigenvalue weighted by atomic mass is 35.5. The second kappa shape index (κ2) is 13.8. The summed E-state index contributed by atoms with van der Waals surface area (Å²) in [6.45, 7) is 3.77. The number of carbonyl (C=O) groups is 3. The maximum atomic E-state index is 15.7. The van der Waals surface area contributed by atoms with Crippen LogP contribution in [0.25, 0.3) is 0 Å². The number of aryl methyl sites for hydroxylation is 1. The molecular weight excluding hydrogens is 666 g/mol. The molecule has 4 aromatic rings. The first-order chi connectivity index (χ1) is 24.6. The van der Waals surface area contributed by atoms with Gasteiger partial charge in [0.1, 0.15) is 17.5 Å². The molecule has 2 amide bonds. The lowest BCUT2D eigenvalue weighted by atomic mass is 9.60. The Bertz CT molecular complexity index is 1930. The number of Topliss-reactive ketones (excluding diaryl/α,β-unsaturated/α-hetero) is 1. The summed E-state index contributed by atoms with van der Waals surface area (Å²) >= 11 is 6.31. The largest absolute Gasteiger partial charge is 0.497 e. The molecule has 3 aliphatic rings. The van der Waals surface area contributed by atoms with Crippen LogP contribution in [0, 0.1) is 12.3 Å². The van der Waals surface area contributed by atoms with Gasteiger partial charge in [-0.15, -0.1) is 0 Å². The van der Waals surface area contributed by atoms with Crippen molar-refractivity contribution in [3.63, 3.8) is 0 Å². The number of halogens is 1. The van der Waals surface area contributed by atoms with Crippen molar-refractivity contribution in [1.82, 2.24) is 10.6 Å². The molecule has 1 saturated carbocycles. The average Bonchev–Trinajstić information content (AvgIpc) is 3.36. The second-order valence-electron chi connectivity index (χ2n) is 13.8. The summed E-state index contributed by atoms with van der Waals surface area (Å²) in [5.74, 6) is -1.21. The quantitative estimate of drug-likeness (QED) is 0.188. The average molecular weight is 708 g/mol. The number of nitrogens with zero attached hydrogens (tertiary/aromatic N) is 1. The van der Waals surface area contributed by atoms with Crippen molar-refractivity contribution in [2.24, 2.45) is 5.41 Å². The van der Waals surface area contributed by atoms with Gasteiger partial charge in [-0.05, 0) is 86.3 Å². The van der Waals surface area contributed by atoms with Gasteiger partial charge in [0.05, 0.1) is 12.7 Å². The number of nitrogens with one attached hydrogen (secondary N) is 2. The molecule has 2 aliphatic heterocycles. The van der Waals surface area contributed by atoms with E-state index in [0.29, 0.717) is 16.5 Å². The van der Waals surface area contributed by atoms with Gasteiger partial charge in [0.25, 0.3) is 5.91 Å². The maximum absolute atomic E-state index is 15.7. The molecule has 7 rings (SSSR count). The lowest BCUT2D eigenvalue weighted by Gasteiger charge is -2.49. The Labute approximate surface area is 302 Å². The van der Waals surface area contributed by atoms with E-state index in [0.717, 1.165) is 43.2 Å². The summed E-state index contributed by atoms with van der Waals surface area (Å²) in [4.78, 5) is 47.5. The van der Waals surface area contributed by atoms with E-state index in [9.17, 15) is 5.11 Å². The molecule has 9 nitrogen and oxygen atoms in total. The van der Waals surface area contributed by atoms with Crippen LogP contribution in [0.3, 0.4) is 0 Å². The summed E-state index contributed by atoms with van der Waals surface area (Å²) in [6.07, 6.45) is 3.13. The van der Waals surface area contributed by atoms with Gasteiger partial charge in [0.2, 0.25) is 5.91 Å². The van der Waals surface area contributed by atoms with Gasteiger partial charge in [0.15, 0.2) is 23.0 Å². The number of methoxy groups -OCH3 is 1. The van der Waals surface area contributed by atoms with Crippen molar-refractivity contribution in [1.29, 1.82) is 0 Å². The molecule has 51 heavy (non-hydrogen) atoms. The lowest BCUT2D eigenvalue weighted by Crippen LogP contribution is -2.71. The number of benzene rings is 4. The van der Waals surface area contributed by atoms with Gasteiger partial charge in [-0.1, -0.05) is 85.0 Å². The Kier molecular flexibility index (Phi) is 9.39. The van der Waals surface area contributed by atoms with E-state index < -0.39 is 46.9 Å². The summed E-state index contributed by atoms with van der Waals surface area (Å²) in [5, 5.41) is 20.6. The van der Waals surface area contributed by atoms with E-state index in [-0.39, 0.29) is 22.9 Å². The van der Waals surface area contributed by atoms with E-state index in [1.54, 1.807) is 60.7 Å². The van der Waals surface area contributed by atoms with Gasteiger partial charge in [-0.3, -0.25) is 24.6 Å². The number of amides is 2. The van der Waals surface area contributed by atoms with Crippen LogP contribution in [0.4, 0.5) is 5.69 Å². The predicted octanol–water partition coefficient (Wildman–Crippen LogP) is 6.65. The fourth-order valence-electron chi connectivity index (χ4n) is 8.12. The van der Waals surface area contributed by atoms with Crippen LogP contribution in [-0.4, -0.2) is 48.1 Å². The Morgan fingerprint density at radius 2 is 1.65 bits per heavy atom. The van der Waals surface area contributed by atoms with Crippen molar-refractivity contribution >= 4 is 34.9 Å². The molecule has 1 saturated heterocycles. The number of hydrogen-bond donors (Lipinski definition) is 3. The molecule has 264 valence electrons. The van der Waals surface area contributed by atoms with E-state index in [1.165, 1.54) is 12.0 Å². The highest BCUT2D eigenvalue weighted by Gasteiger charge is 2.80. The van der Waals surface area contributed by atoms with Gasteiger partial charge < -0.3 is 19.9 Å². The van der Waals surface area contributed by atoms with Crippen LogP contribution >= 0.6 is 11.6 Å². The van der Waals surface area contributed by atoms with E-state index >= 15 is 14.4 Å². The normalized spacial score (nSPS) is 25.3. The Balaban J connectivity index is 1.53. The third-order valence-electron chi connectivity index (χ3n) is 10.7. The third kappa shape index (κ3) is 5.77. The van der Waals surface area contributed by atoms with Gasteiger partial charge in [-0.2, -0.15) is 0 Å². The number of carbonyl (C=O) groups excluding carboxylic acids is 3. The van der Waals surface area contributed by atoms with E-state index in [1.807, 2.05) is 50.2 Å². The SMILES string of the molecule is COc1ccc([C@@]2(O)C(=O)N(c3ccc(Cl)cc3)[C@H](C(=O)NC3CCCCC3)[C@@]23C(=O)c2cc(C)ccc2O[C@@H]3N[C@@H](C)c2ccccc2)cc1. The zero-order chi connectivity index (χ0) is 35.9. The van der Waals surface area contributed by atoms with Gasteiger partial charge >= 0.3 is 0 Å². The van der Waals surface area contributed by atoms with Crippen LogP contribution < -0.4 is 25.0 Å². The van der Waals surface area contributed by atoms with Crippen LogP contribution in [0.15, 0.2) is 97.1 Å². The van der Waals surface area contributed by atoms with Crippen molar-refractivity contribution in [3.05, 3.63) is 124 Å². The Morgan fingerprint density at radius 1 is 0.961 bits per heavy atom. The number of hydrogen-bond acceptors (Lipinski definition) is 7.